The quantitative estimate of drug-likeness (QED) is 0.770. The van der Waals surface area contributed by atoms with Gasteiger partial charge in [0.05, 0.1) is 6.61 Å². The van der Waals surface area contributed by atoms with Crippen molar-refractivity contribution in [3.8, 4) is 0 Å². The van der Waals surface area contributed by atoms with Crippen LogP contribution in [0.1, 0.15) is 26.7 Å². The van der Waals surface area contributed by atoms with E-state index in [0.29, 0.717) is 12.6 Å². The average molecular weight is 209 g/mol. The first-order valence-corrected chi connectivity index (χ1v) is 5.48. The van der Waals surface area contributed by atoms with Crippen LogP contribution in [0.4, 0.5) is 5.82 Å². The highest BCUT2D eigenvalue weighted by molar-refractivity contribution is 5.37. The molecule has 0 aromatic carbocycles. The number of anilines is 1. The van der Waals surface area contributed by atoms with Gasteiger partial charge in [-0.1, -0.05) is 13.8 Å². The summed E-state index contributed by atoms with van der Waals surface area (Å²) in [6.45, 7) is 5.06. The lowest BCUT2D eigenvalue weighted by atomic mass is 10.1. The van der Waals surface area contributed by atoms with Crippen molar-refractivity contribution >= 4 is 5.82 Å². The van der Waals surface area contributed by atoms with Crippen LogP contribution in [0.3, 0.4) is 0 Å². The van der Waals surface area contributed by atoms with Gasteiger partial charge in [0.25, 0.3) is 0 Å². The summed E-state index contributed by atoms with van der Waals surface area (Å²) in [5.74, 6) is 0.847. The highest BCUT2D eigenvalue weighted by Gasteiger charge is 2.15. The van der Waals surface area contributed by atoms with E-state index in [2.05, 4.69) is 28.9 Å². The SMILES string of the molecule is CCC(CC)N(CCO)c1cccnn1. The van der Waals surface area contributed by atoms with Crippen LogP contribution in [0, 0.1) is 0 Å². The van der Waals surface area contributed by atoms with E-state index in [1.807, 2.05) is 12.1 Å². The van der Waals surface area contributed by atoms with Gasteiger partial charge < -0.3 is 10.0 Å². The second kappa shape index (κ2) is 6.35. The monoisotopic (exact) mass is 209 g/mol. The fraction of sp³-hybridized carbons (Fsp3) is 0.636. The minimum Gasteiger partial charge on any atom is -0.395 e. The summed E-state index contributed by atoms with van der Waals surface area (Å²) >= 11 is 0. The molecule has 0 unspecified atom stereocenters. The zero-order valence-corrected chi connectivity index (χ0v) is 9.43. The van der Waals surface area contributed by atoms with Gasteiger partial charge in [-0.15, -0.1) is 5.10 Å². The molecule has 1 rings (SSSR count). The van der Waals surface area contributed by atoms with Crippen LogP contribution in [0.5, 0.6) is 0 Å². The molecular formula is C11H19N3O. The van der Waals surface area contributed by atoms with Gasteiger partial charge in [0.1, 0.15) is 0 Å². The summed E-state index contributed by atoms with van der Waals surface area (Å²) in [6, 6.07) is 4.23. The van der Waals surface area contributed by atoms with E-state index >= 15 is 0 Å². The summed E-state index contributed by atoms with van der Waals surface area (Å²) in [6.07, 6.45) is 3.76. The number of hydrogen-bond acceptors (Lipinski definition) is 4. The average Bonchev–Trinajstić information content (AvgIpc) is 2.30. The molecule has 0 atom stereocenters. The molecule has 0 radical (unpaired) electrons. The molecule has 0 spiro atoms. The van der Waals surface area contributed by atoms with Crippen LogP contribution in [0.2, 0.25) is 0 Å². The predicted molar refractivity (Wildman–Crippen MR) is 60.8 cm³/mol. The minimum absolute atomic E-state index is 0.146. The van der Waals surface area contributed by atoms with Crippen molar-refractivity contribution in [2.24, 2.45) is 0 Å². The van der Waals surface area contributed by atoms with Crippen molar-refractivity contribution < 1.29 is 5.11 Å². The number of hydrogen-bond donors (Lipinski definition) is 1. The van der Waals surface area contributed by atoms with E-state index < -0.39 is 0 Å². The summed E-state index contributed by atoms with van der Waals surface area (Å²) in [5, 5.41) is 17.0. The molecule has 4 heteroatoms. The Morgan fingerprint density at radius 2 is 2.13 bits per heavy atom. The number of aromatic nitrogens is 2. The van der Waals surface area contributed by atoms with Gasteiger partial charge in [0.15, 0.2) is 5.82 Å². The molecule has 1 heterocycles. The van der Waals surface area contributed by atoms with Crippen LogP contribution in [-0.2, 0) is 0 Å². The largest absolute Gasteiger partial charge is 0.395 e. The predicted octanol–water partition coefficient (Wildman–Crippen LogP) is 1.46. The molecule has 84 valence electrons. The minimum atomic E-state index is 0.146. The fourth-order valence-corrected chi connectivity index (χ4v) is 1.77. The summed E-state index contributed by atoms with van der Waals surface area (Å²) in [5.41, 5.74) is 0. The van der Waals surface area contributed by atoms with Gasteiger partial charge in [0, 0.05) is 18.8 Å². The van der Waals surface area contributed by atoms with Gasteiger partial charge in [-0.2, -0.15) is 5.10 Å². The first-order chi connectivity index (χ1) is 7.33. The molecule has 0 fully saturated rings. The number of aliphatic hydroxyl groups excluding tert-OH is 1. The molecule has 1 aromatic heterocycles. The molecule has 0 aliphatic heterocycles. The second-order valence-corrected chi connectivity index (χ2v) is 3.47. The van der Waals surface area contributed by atoms with Gasteiger partial charge in [0.2, 0.25) is 0 Å². The van der Waals surface area contributed by atoms with Gasteiger partial charge >= 0.3 is 0 Å². The van der Waals surface area contributed by atoms with Crippen molar-refractivity contribution in [2.75, 3.05) is 18.1 Å². The molecular weight excluding hydrogens is 190 g/mol. The third kappa shape index (κ3) is 3.16. The molecule has 0 bridgehead atoms. The molecule has 4 nitrogen and oxygen atoms in total. The number of nitrogens with zero attached hydrogens (tertiary/aromatic N) is 3. The maximum atomic E-state index is 9.05. The van der Waals surface area contributed by atoms with Gasteiger partial charge in [-0.25, -0.2) is 0 Å². The van der Waals surface area contributed by atoms with E-state index in [1.54, 1.807) is 6.20 Å². The Balaban J connectivity index is 2.81. The molecule has 0 aliphatic rings. The highest BCUT2D eigenvalue weighted by atomic mass is 16.3. The standard InChI is InChI=1S/C11H19N3O/c1-3-10(4-2)14(8-9-15)11-6-5-7-12-13-11/h5-7,10,15H,3-4,8-9H2,1-2H3. The lowest BCUT2D eigenvalue weighted by Gasteiger charge is -2.30. The van der Waals surface area contributed by atoms with Crippen molar-refractivity contribution in [3.05, 3.63) is 18.3 Å². The third-order valence-corrected chi connectivity index (χ3v) is 2.58. The van der Waals surface area contributed by atoms with Crippen LogP contribution in [0.25, 0.3) is 0 Å². The molecule has 0 aliphatic carbocycles. The maximum Gasteiger partial charge on any atom is 0.151 e. The first kappa shape index (κ1) is 11.9. The van der Waals surface area contributed by atoms with E-state index in [4.69, 9.17) is 5.11 Å². The van der Waals surface area contributed by atoms with Gasteiger partial charge in [-0.05, 0) is 25.0 Å². The van der Waals surface area contributed by atoms with Crippen LogP contribution >= 0.6 is 0 Å². The normalized spacial score (nSPS) is 10.7. The molecule has 1 N–H and O–H groups in total. The van der Waals surface area contributed by atoms with Crippen LogP contribution in [-0.4, -0.2) is 34.5 Å². The van der Waals surface area contributed by atoms with Crippen molar-refractivity contribution in [1.82, 2.24) is 10.2 Å². The van der Waals surface area contributed by atoms with Crippen LogP contribution in [0.15, 0.2) is 18.3 Å². The first-order valence-electron chi connectivity index (χ1n) is 5.48. The Kier molecular flexibility index (Phi) is 5.04. The third-order valence-electron chi connectivity index (χ3n) is 2.58. The Hall–Kier alpha value is -1.16. The zero-order valence-electron chi connectivity index (χ0n) is 9.43. The van der Waals surface area contributed by atoms with Gasteiger partial charge in [-0.3, -0.25) is 0 Å². The second-order valence-electron chi connectivity index (χ2n) is 3.47. The Morgan fingerprint density at radius 3 is 2.60 bits per heavy atom. The zero-order chi connectivity index (χ0) is 11.1. The van der Waals surface area contributed by atoms with Crippen LogP contribution < -0.4 is 4.90 Å². The van der Waals surface area contributed by atoms with Crippen molar-refractivity contribution in [1.29, 1.82) is 0 Å². The summed E-state index contributed by atoms with van der Waals surface area (Å²) in [7, 11) is 0. The molecule has 0 saturated heterocycles. The maximum absolute atomic E-state index is 9.05. The number of rotatable bonds is 6. The lowest BCUT2D eigenvalue weighted by Crippen LogP contribution is -2.37. The topological polar surface area (TPSA) is 49.2 Å². The highest BCUT2D eigenvalue weighted by Crippen LogP contribution is 2.16. The molecule has 15 heavy (non-hydrogen) atoms. The van der Waals surface area contributed by atoms with Crippen molar-refractivity contribution in [3.63, 3.8) is 0 Å². The van der Waals surface area contributed by atoms with E-state index in [9.17, 15) is 0 Å². The van der Waals surface area contributed by atoms with Crippen molar-refractivity contribution in [2.45, 2.75) is 32.7 Å². The number of aliphatic hydroxyl groups is 1. The lowest BCUT2D eigenvalue weighted by molar-refractivity contribution is 0.295. The Bertz CT molecular complexity index is 262. The molecule has 0 saturated carbocycles. The summed E-state index contributed by atoms with van der Waals surface area (Å²) in [4.78, 5) is 2.12. The smallest absolute Gasteiger partial charge is 0.151 e. The summed E-state index contributed by atoms with van der Waals surface area (Å²) < 4.78 is 0. The molecule has 1 aromatic rings. The Morgan fingerprint density at radius 1 is 1.40 bits per heavy atom. The van der Waals surface area contributed by atoms with E-state index in [0.717, 1.165) is 18.7 Å². The Labute approximate surface area is 90.9 Å². The fourth-order valence-electron chi connectivity index (χ4n) is 1.77. The van der Waals surface area contributed by atoms with E-state index in [1.165, 1.54) is 0 Å². The molecule has 0 amide bonds. The van der Waals surface area contributed by atoms with E-state index in [-0.39, 0.29) is 6.61 Å².